The van der Waals surface area contributed by atoms with E-state index >= 15 is 0 Å². The molecule has 0 heterocycles. The largest absolute Gasteiger partial charge is 0.505 e. The monoisotopic (exact) mass is 325 g/mol. The maximum atomic E-state index is 13.2. The van der Waals surface area contributed by atoms with Crippen LogP contribution in [0.5, 0.6) is 11.5 Å². The molecule has 0 aliphatic rings. The van der Waals surface area contributed by atoms with Crippen LogP contribution in [0, 0.1) is 5.82 Å². The van der Waals surface area contributed by atoms with E-state index in [4.69, 9.17) is 9.84 Å². The number of methoxy groups -OCH3 is 1. The van der Waals surface area contributed by atoms with Gasteiger partial charge < -0.3 is 15.2 Å². The van der Waals surface area contributed by atoms with Crippen molar-refractivity contribution in [1.82, 2.24) is 0 Å². The molecule has 2 N–H and O–H groups in total. The first kappa shape index (κ1) is 13.7. The van der Waals surface area contributed by atoms with Crippen molar-refractivity contribution in [2.75, 3.05) is 12.4 Å². The summed E-state index contributed by atoms with van der Waals surface area (Å²) >= 11 is 3.38. The summed E-state index contributed by atoms with van der Waals surface area (Å²) in [6.07, 6.45) is 0. The van der Waals surface area contributed by atoms with Gasteiger partial charge in [-0.05, 0) is 35.9 Å². The van der Waals surface area contributed by atoms with Crippen LogP contribution in [0.3, 0.4) is 0 Å². The molecule has 0 atom stereocenters. The molecule has 0 aromatic heterocycles. The maximum absolute atomic E-state index is 13.2. The lowest BCUT2D eigenvalue weighted by Crippen LogP contribution is -2.01. The van der Waals surface area contributed by atoms with Crippen molar-refractivity contribution in [3.05, 3.63) is 52.3 Å². The van der Waals surface area contributed by atoms with E-state index in [1.165, 1.54) is 12.1 Å². The number of hydrogen-bond acceptors (Lipinski definition) is 3. The average Bonchev–Trinajstić information content (AvgIpc) is 2.40. The normalized spacial score (nSPS) is 10.3. The topological polar surface area (TPSA) is 41.5 Å². The van der Waals surface area contributed by atoms with E-state index in [0.717, 1.165) is 15.7 Å². The van der Waals surface area contributed by atoms with E-state index in [0.29, 0.717) is 12.3 Å². The molecule has 3 nitrogen and oxygen atoms in total. The lowest BCUT2D eigenvalue weighted by atomic mass is 10.2. The predicted octanol–water partition coefficient (Wildman–Crippen LogP) is 3.91. The van der Waals surface area contributed by atoms with Gasteiger partial charge in [-0.15, -0.1) is 0 Å². The Kier molecular flexibility index (Phi) is 4.27. The molecule has 0 saturated carbocycles. The van der Waals surface area contributed by atoms with Gasteiger partial charge in [0.05, 0.1) is 12.8 Å². The zero-order valence-electron chi connectivity index (χ0n) is 10.3. The van der Waals surface area contributed by atoms with Crippen LogP contribution in [0.1, 0.15) is 5.56 Å². The second-order valence-electron chi connectivity index (χ2n) is 3.98. The number of benzene rings is 2. The van der Waals surface area contributed by atoms with E-state index in [-0.39, 0.29) is 5.75 Å². The van der Waals surface area contributed by atoms with Gasteiger partial charge in [-0.2, -0.15) is 0 Å². The van der Waals surface area contributed by atoms with E-state index in [1.807, 2.05) is 18.2 Å². The molecule has 0 radical (unpaired) electrons. The number of anilines is 1. The van der Waals surface area contributed by atoms with E-state index < -0.39 is 5.82 Å². The Labute approximate surface area is 119 Å². The molecular weight excluding hydrogens is 313 g/mol. The fraction of sp³-hybridized carbons (Fsp3) is 0.143. The zero-order chi connectivity index (χ0) is 13.8. The predicted molar refractivity (Wildman–Crippen MR) is 76.1 cm³/mol. The van der Waals surface area contributed by atoms with Crippen LogP contribution in [-0.2, 0) is 6.54 Å². The van der Waals surface area contributed by atoms with Gasteiger partial charge >= 0.3 is 0 Å². The standard InChI is InChI=1S/C14H13BrFNO2/c1-19-14-5-3-10(15)7-12(14)17-8-9-2-4-13(18)11(16)6-9/h2-7,17-18H,8H2,1H3. The zero-order valence-corrected chi connectivity index (χ0v) is 11.9. The van der Waals surface area contributed by atoms with Crippen molar-refractivity contribution >= 4 is 21.6 Å². The smallest absolute Gasteiger partial charge is 0.165 e. The van der Waals surface area contributed by atoms with Crippen molar-refractivity contribution in [2.24, 2.45) is 0 Å². The quantitative estimate of drug-likeness (QED) is 0.895. The summed E-state index contributed by atoms with van der Waals surface area (Å²) in [7, 11) is 1.59. The Balaban J connectivity index is 2.13. The van der Waals surface area contributed by atoms with Crippen LogP contribution >= 0.6 is 15.9 Å². The molecule has 0 amide bonds. The van der Waals surface area contributed by atoms with Crippen LogP contribution in [0.2, 0.25) is 0 Å². The van der Waals surface area contributed by atoms with Gasteiger partial charge in [-0.3, -0.25) is 0 Å². The first-order chi connectivity index (χ1) is 9.10. The summed E-state index contributed by atoms with van der Waals surface area (Å²) in [5.41, 5.74) is 1.54. The first-order valence-corrected chi connectivity index (χ1v) is 6.44. The molecule has 2 rings (SSSR count). The highest BCUT2D eigenvalue weighted by Gasteiger charge is 2.05. The molecular formula is C14H13BrFNO2. The summed E-state index contributed by atoms with van der Waals surface area (Å²) in [6, 6.07) is 9.90. The fourth-order valence-electron chi connectivity index (χ4n) is 1.68. The summed E-state index contributed by atoms with van der Waals surface area (Å²) in [6.45, 7) is 0.435. The summed E-state index contributed by atoms with van der Waals surface area (Å²) in [5, 5.41) is 12.3. The Morgan fingerprint density at radius 3 is 2.74 bits per heavy atom. The Bertz CT molecular complexity index is 590. The van der Waals surface area contributed by atoms with Gasteiger partial charge in [0.1, 0.15) is 5.75 Å². The van der Waals surface area contributed by atoms with Crippen molar-refractivity contribution in [2.45, 2.75) is 6.54 Å². The number of ether oxygens (including phenoxy) is 1. The van der Waals surface area contributed by atoms with Gasteiger partial charge in [0.25, 0.3) is 0 Å². The second-order valence-corrected chi connectivity index (χ2v) is 4.90. The number of phenolic OH excluding ortho intramolecular Hbond substituents is 1. The first-order valence-electron chi connectivity index (χ1n) is 5.65. The Morgan fingerprint density at radius 2 is 2.05 bits per heavy atom. The van der Waals surface area contributed by atoms with Crippen LogP contribution in [-0.4, -0.2) is 12.2 Å². The molecule has 19 heavy (non-hydrogen) atoms. The molecule has 0 saturated heterocycles. The molecule has 0 fully saturated rings. The van der Waals surface area contributed by atoms with Gasteiger partial charge in [-0.1, -0.05) is 22.0 Å². The minimum absolute atomic E-state index is 0.344. The number of halogens is 2. The van der Waals surface area contributed by atoms with Crippen molar-refractivity contribution in [3.8, 4) is 11.5 Å². The van der Waals surface area contributed by atoms with E-state index in [2.05, 4.69) is 21.2 Å². The summed E-state index contributed by atoms with van der Waals surface area (Å²) < 4.78 is 19.4. The molecule has 5 heteroatoms. The molecule has 0 spiro atoms. The lowest BCUT2D eigenvalue weighted by molar-refractivity contribution is 0.416. The van der Waals surface area contributed by atoms with E-state index in [9.17, 15) is 4.39 Å². The van der Waals surface area contributed by atoms with Gasteiger partial charge in [0.2, 0.25) is 0 Å². The third kappa shape index (κ3) is 3.38. The second kappa shape index (κ2) is 5.93. The van der Waals surface area contributed by atoms with Crippen molar-refractivity contribution in [3.63, 3.8) is 0 Å². The minimum Gasteiger partial charge on any atom is -0.505 e. The number of aromatic hydroxyl groups is 1. The van der Waals surface area contributed by atoms with E-state index in [1.54, 1.807) is 13.2 Å². The molecule has 0 aliphatic carbocycles. The molecule has 2 aromatic rings. The minimum atomic E-state index is -0.625. The van der Waals surface area contributed by atoms with Crippen LogP contribution in [0.25, 0.3) is 0 Å². The van der Waals surface area contributed by atoms with Crippen molar-refractivity contribution in [1.29, 1.82) is 0 Å². The van der Waals surface area contributed by atoms with Crippen LogP contribution in [0.15, 0.2) is 40.9 Å². The van der Waals surface area contributed by atoms with Gasteiger partial charge in [0, 0.05) is 11.0 Å². The highest BCUT2D eigenvalue weighted by Crippen LogP contribution is 2.28. The Morgan fingerprint density at radius 1 is 1.26 bits per heavy atom. The fourth-order valence-corrected chi connectivity index (χ4v) is 2.04. The number of phenols is 1. The summed E-state index contributed by atoms with van der Waals surface area (Å²) in [5.74, 6) is -0.258. The van der Waals surface area contributed by atoms with Crippen molar-refractivity contribution < 1.29 is 14.2 Å². The molecule has 2 aromatic carbocycles. The van der Waals surface area contributed by atoms with Gasteiger partial charge in [0.15, 0.2) is 11.6 Å². The highest BCUT2D eigenvalue weighted by molar-refractivity contribution is 9.10. The maximum Gasteiger partial charge on any atom is 0.165 e. The molecule has 0 unspecified atom stereocenters. The number of rotatable bonds is 4. The van der Waals surface area contributed by atoms with Crippen LogP contribution < -0.4 is 10.1 Å². The third-order valence-corrected chi connectivity index (χ3v) is 3.15. The molecule has 100 valence electrons. The average molecular weight is 326 g/mol. The molecule has 0 bridgehead atoms. The summed E-state index contributed by atoms with van der Waals surface area (Å²) in [4.78, 5) is 0. The van der Waals surface area contributed by atoms with Crippen LogP contribution in [0.4, 0.5) is 10.1 Å². The third-order valence-electron chi connectivity index (χ3n) is 2.66. The van der Waals surface area contributed by atoms with Gasteiger partial charge in [-0.25, -0.2) is 4.39 Å². The number of hydrogen-bond donors (Lipinski definition) is 2. The SMILES string of the molecule is COc1ccc(Br)cc1NCc1ccc(O)c(F)c1. The highest BCUT2D eigenvalue weighted by atomic mass is 79.9. The molecule has 0 aliphatic heterocycles. The lowest BCUT2D eigenvalue weighted by Gasteiger charge is -2.12. The number of nitrogens with one attached hydrogen (secondary N) is 1. The Hall–Kier alpha value is -1.75.